The van der Waals surface area contributed by atoms with Gasteiger partial charge in [-0.15, -0.1) is 11.3 Å². The van der Waals surface area contributed by atoms with Crippen LogP contribution in [0.3, 0.4) is 0 Å². The van der Waals surface area contributed by atoms with Crippen molar-refractivity contribution in [3.8, 4) is 11.1 Å². The van der Waals surface area contributed by atoms with Gasteiger partial charge < -0.3 is 25.2 Å². The summed E-state index contributed by atoms with van der Waals surface area (Å²) in [7, 11) is 3.32. The maximum Gasteiger partial charge on any atom is 0.249 e. The highest BCUT2D eigenvalue weighted by atomic mass is 32.1. The lowest BCUT2D eigenvalue weighted by molar-refractivity contribution is -0.149. The monoisotopic (exact) mass is 604 g/mol. The zero-order valence-electron chi connectivity index (χ0n) is 25.5. The van der Waals surface area contributed by atoms with E-state index in [1.54, 1.807) is 25.4 Å². The summed E-state index contributed by atoms with van der Waals surface area (Å²) in [6.07, 6.45) is 3.65. The molecule has 1 aliphatic rings. The maximum atomic E-state index is 14.2. The number of nitrogens with one attached hydrogen (secondary N) is 2. The molecule has 2 heterocycles. The molecule has 3 amide bonds. The van der Waals surface area contributed by atoms with Gasteiger partial charge in [0.25, 0.3) is 0 Å². The van der Waals surface area contributed by atoms with Crippen molar-refractivity contribution in [3.63, 3.8) is 0 Å². The molecule has 1 saturated heterocycles. The molecule has 1 fully saturated rings. The summed E-state index contributed by atoms with van der Waals surface area (Å²) in [6, 6.07) is 20.8. The van der Waals surface area contributed by atoms with E-state index in [-0.39, 0.29) is 30.4 Å². The number of benzene rings is 2. The van der Waals surface area contributed by atoms with E-state index in [1.807, 2.05) is 66.9 Å². The predicted octanol–water partition coefficient (Wildman–Crippen LogP) is 4.15. The molecule has 0 saturated carbocycles. The molecule has 0 aliphatic carbocycles. The Hall–Kier alpha value is -3.53. The largest absolute Gasteiger partial charge is 0.370 e. The fraction of sp³-hybridized carbons (Fsp3) is 0.441. The number of hydrogen-bond acceptors (Lipinski definition) is 6. The first-order chi connectivity index (χ1) is 20.9. The van der Waals surface area contributed by atoms with E-state index in [9.17, 15) is 14.4 Å². The van der Waals surface area contributed by atoms with Gasteiger partial charge in [-0.05, 0) is 53.9 Å². The van der Waals surface area contributed by atoms with Gasteiger partial charge in [0.15, 0.2) is 0 Å². The molecule has 1 aliphatic heterocycles. The third-order valence-corrected chi connectivity index (χ3v) is 8.88. The molecule has 4 rings (SSSR count). The van der Waals surface area contributed by atoms with E-state index in [0.717, 1.165) is 47.4 Å². The Morgan fingerprint density at radius 3 is 2.35 bits per heavy atom. The molecule has 0 bridgehead atoms. The third-order valence-electron chi connectivity index (χ3n) is 7.98. The second kappa shape index (κ2) is 16.4. The zero-order valence-corrected chi connectivity index (χ0v) is 26.3. The average Bonchev–Trinajstić information content (AvgIpc) is 3.76. The summed E-state index contributed by atoms with van der Waals surface area (Å²) < 4.78 is 5.76. The minimum atomic E-state index is -0.807. The second-order valence-electron chi connectivity index (χ2n) is 11.1. The van der Waals surface area contributed by atoms with Crippen molar-refractivity contribution in [2.75, 3.05) is 40.4 Å². The quantitative estimate of drug-likeness (QED) is 0.272. The fourth-order valence-corrected chi connectivity index (χ4v) is 6.06. The van der Waals surface area contributed by atoms with Gasteiger partial charge in [0.2, 0.25) is 17.7 Å². The summed E-state index contributed by atoms with van der Waals surface area (Å²) >= 11 is 1.56. The first-order valence-corrected chi connectivity index (χ1v) is 16.0. The highest BCUT2D eigenvalue weighted by Crippen LogP contribution is 2.22. The molecule has 8 nitrogen and oxygen atoms in total. The van der Waals surface area contributed by atoms with Crippen molar-refractivity contribution in [1.82, 2.24) is 20.4 Å². The molecule has 0 spiro atoms. The molecule has 1 aromatic heterocycles. The van der Waals surface area contributed by atoms with Crippen LogP contribution in [0.1, 0.15) is 36.6 Å². The Labute approximate surface area is 259 Å². The first-order valence-electron chi connectivity index (χ1n) is 15.1. The van der Waals surface area contributed by atoms with Crippen LogP contribution < -0.4 is 10.6 Å². The molecule has 230 valence electrons. The van der Waals surface area contributed by atoms with Gasteiger partial charge in [-0.2, -0.15) is 0 Å². The van der Waals surface area contributed by atoms with Crippen LogP contribution in [0.25, 0.3) is 11.1 Å². The lowest BCUT2D eigenvalue weighted by atomic mass is 9.98. The van der Waals surface area contributed by atoms with E-state index >= 15 is 0 Å². The SMILES string of the molecule is CCCNC(=O)[C@@H](Cc1cccs1)N(C)C(=O)[C@@H](Cc1ccc(-c2ccccc2)cc1)N(C)C(=O)COC[C@@H]1CCCN1. The van der Waals surface area contributed by atoms with Crippen molar-refractivity contribution in [1.29, 1.82) is 0 Å². The Kier molecular flexibility index (Phi) is 12.3. The van der Waals surface area contributed by atoms with Gasteiger partial charge in [-0.3, -0.25) is 14.4 Å². The molecular formula is C34H44N4O4S. The van der Waals surface area contributed by atoms with Gasteiger partial charge in [0, 0.05) is 44.4 Å². The molecule has 0 radical (unpaired) electrons. The molecule has 2 N–H and O–H groups in total. The van der Waals surface area contributed by atoms with E-state index in [2.05, 4.69) is 22.8 Å². The summed E-state index contributed by atoms with van der Waals surface area (Å²) in [5.74, 6) is -0.747. The molecule has 0 unspecified atom stereocenters. The van der Waals surface area contributed by atoms with Crippen LogP contribution in [0.15, 0.2) is 72.1 Å². The molecule has 43 heavy (non-hydrogen) atoms. The number of carbonyl (C=O) groups is 3. The molecular weight excluding hydrogens is 560 g/mol. The van der Waals surface area contributed by atoms with Crippen molar-refractivity contribution in [2.45, 2.75) is 57.2 Å². The number of rotatable bonds is 15. The van der Waals surface area contributed by atoms with Crippen molar-refractivity contribution in [3.05, 3.63) is 82.6 Å². The van der Waals surface area contributed by atoms with E-state index < -0.39 is 12.1 Å². The van der Waals surface area contributed by atoms with Crippen LogP contribution in [0.4, 0.5) is 0 Å². The Morgan fingerprint density at radius 1 is 0.953 bits per heavy atom. The minimum absolute atomic E-state index is 0.106. The Morgan fingerprint density at radius 2 is 1.70 bits per heavy atom. The molecule has 2 aromatic carbocycles. The van der Waals surface area contributed by atoms with Crippen LogP contribution in [0.5, 0.6) is 0 Å². The van der Waals surface area contributed by atoms with Crippen molar-refractivity contribution < 1.29 is 19.1 Å². The van der Waals surface area contributed by atoms with Crippen LogP contribution in [-0.2, 0) is 32.0 Å². The number of likely N-dealkylation sites (N-methyl/N-ethyl adjacent to an activating group) is 2. The average molecular weight is 605 g/mol. The van der Waals surface area contributed by atoms with E-state index in [1.165, 1.54) is 9.80 Å². The lowest BCUT2D eigenvalue weighted by Gasteiger charge is -2.34. The van der Waals surface area contributed by atoms with Gasteiger partial charge in [0.1, 0.15) is 18.7 Å². The smallest absolute Gasteiger partial charge is 0.249 e. The number of hydrogen-bond donors (Lipinski definition) is 2. The summed E-state index contributed by atoms with van der Waals surface area (Å²) in [5, 5.41) is 8.30. The summed E-state index contributed by atoms with van der Waals surface area (Å²) in [4.78, 5) is 44.9. The number of thiophene rings is 1. The summed E-state index contributed by atoms with van der Waals surface area (Å²) in [5.41, 5.74) is 3.11. The standard InChI is InChI=1S/C34H44N4O4S/c1-4-18-36-33(40)30(22-29-13-9-20-43-29)38(3)34(41)31(37(2)32(39)24-42-23-28-12-8-19-35-28)21-25-14-16-27(17-15-25)26-10-6-5-7-11-26/h5-7,9-11,13-17,20,28,30-31,35H,4,8,12,18-19,21-24H2,1-3H3,(H,36,40)/t28-,30+,31+/m0/s1. The summed E-state index contributed by atoms with van der Waals surface area (Å²) in [6.45, 7) is 3.84. The predicted molar refractivity (Wildman–Crippen MR) is 172 cm³/mol. The number of nitrogens with zero attached hydrogens (tertiary/aromatic N) is 2. The molecule has 3 aromatic rings. The number of ether oxygens (including phenoxy) is 1. The van der Waals surface area contributed by atoms with Crippen LogP contribution in [0, 0.1) is 0 Å². The Balaban J connectivity index is 1.54. The topological polar surface area (TPSA) is 91.0 Å². The zero-order chi connectivity index (χ0) is 30.6. The third kappa shape index (κ3) is 9.23. The number of amides is 3. The van der Waals surface area contributed by atoms with Gasteiger partial charge in [-0.1, -0.05) is 67.6 Å². The van der Waals surface area contributed by atoms with Crippen LogP contribution in [0.2, 0.25) is 0 Å². The fourth-order valence-electron chi connectivity index (χ4n) is 5.32. The van der Waals surface area contributed by atoms with Gasteiger partial charge >= 0.3 is 0 Å². The maximum absolute atomic E-state index is 14.2. The molecule has 3 atom stereocenters. The lowest BCUT2D eigenvalue weighted by Crippen LogP contribution is -2.56. The normalized spacial score (nSPS) is 15.9. The first kappa shape index (κ1) is 32.4. The van der Waals surface area contributed by atoms with Crippen LogP contribution in [-0.4, -0.2) is 86.0 Å². The highest BCUT2D eigenvalue weighted by molar-refractivity contribution is 7.09. The number of carbonyl (C=O) groups excluding carboxylic acids is 3. The van der Waals surface area contributed by atoms with Crippen molar-refractivity contribution in [2.24, 2.45) is 0 Å². The van der Waals surface area contributed by atoms with Crippen LogP contribution >= 0.6 is 11.3 Å². The highest BCUT2D eigenvalue weighted by Gasteiger charge is 2.35. The second-order valence-corrected chi connectivity index (χ2v) is 12.2. The van der Waals surface area contributed by atoms with Crippen molar-refractivity contribution >= 4 is 29.1 Å². The minimum Gasteiger partial charge on any atom is -0.370 e. The van der Waals surface area contributed by atoms with E-state index in [0.29, 0.717) is 26.0 Å². The Bertz CT molecular complexity index is 1290. The van der Waals surface area contributed by atoms with E-state index in [4.69, 9.17) is 4.74 Å². The molecule has 9 heteroatoms. The van der Waals surface area contributed by atoms with Gasteiger partial charge in [0.05, 0.1) is 6.61 Å². The van der Waals surface area contributed by atoms with Gasteiger partial charge in [-0.25, -0.2) is 0 Å².